The van der Waals surface area contributed by atoms with Crippen LogP contribution < -0.4 is 29.4 Å². The molecular weight excluding hydrogens is 488 g/mol. The first-order chi connectivity index (χ1) is 18.4. The number of nitrogens with one attached hydrogen (secondary N) is 1. The molecule has 9 nitrogen and oxygen atoms in total. The highest BCUT2D eigenvalue weighted by molar-refractivity contribution is 6.07. The third kappa shape index (κ3) is 5.27. The van der Waals surface area contributed by atoms with Gasteiger partial charge in [0, 0.05) is 17.3 Å². The summed E-state index contributed by atoms with van der Waals surface area (Å²) in [7, 11) is 7.69. The summed E-state index contributed by atoms with van der Waals surface area (Å²) in [6, 6.07) is 15.7. The standard InChI is InChI=1S/C29H28N2O7/c1-34-24-12-10-18(13-25(24)35-2)9-11-23(32)19-7-6-8-21(14-19)31-17-22(30-29(31)33)20-15-26(36-3)28(38-5)27(16-20)37-4/h6-17H,1-5H3,(H,30,33). The van der Waals surface area contributed by atoms with Crippen molar-refractivity contribution in [3.05, 3.63) is 88.5 Å². The van der Waals surface area contributed by atoms with E-state index in [0.29, 0.717) is 51.3 Å². The van der Waals surface area contributed by atoms with E-state index in [2.05, 4.69) is 4.98 Å². The number of aromatic amines is 1. The Bertz CT molecular complexity index is 1520. The molecule has 0 fully saturated rings. The Kier molecular flexibility index (Phi) is 7.86. The van der Waals surface area contributed by atoms with E-state index >= 15 is 0 Å². The van der Waals surface area contributed by atoms with Gasteiger partial charge in [-0.05, 0) is 48.0 Å². The van der Waals surface area contributed by atoms with Crippen molar-refractivity contribution in [2.45, 2.75) is 0 Å². The van der Waals surface area contributed by atoms with Crippen LogP contribution in [0.5, 0.6) is 28.7 Å². The van der Waals surface area contributed by atoms with E-state index in [1.807, 2.05) is 6.07 Å². The summed E-state index contributed by atoms with van der Waals surface area (Å²) < 4.78 is 28.2. The van der Waals surface area contributed by atoms with Crippen molar-refractivity contribution in [3.63, 3.8) is 0 Å². The number of imidazole rings is 1. The quantitative estimate of drug-likeness (QED) is 0.239. The smallest absolute Gasteiger partial charge is 0.330 e. The average molecular weight is 517 g/mol. The highest BCUT2D eigenvalue weighted by atomic mass is 16.5. The maximum absolute atomic E-state index is 12.9. The summed E-state index contributed by atoms with van der Waals surface area (Å²) in [5.74, 6) is 2.34. The highest BCUT2D eigenvalue weighted by Crippen LogP contribution is 2.40. The van der Waals surface area contributed by atoms with Crippen LogP contribution in [-0.4, -0.2) is 50.9 Å². The number of carbonyl (C=O) groups excluding carboxylic acids is 1. The second kappa shape index (κ2) is 11.4. The van der Waals surface area contributed by atoms with Gasteiger partial charge in [-0.2, -0.15) is 0 Å². The maximum atomic E-state index is 12.9. The van der Waals surface area contributed by atoms with Crippen LogP contribution in [0.4, 0.5) is 0 Å². The first kappa shape index (κ1) is 26.2. The van der Waals surface area contributed by atoms with Crippen molar-refractivity contribution >= 4 is 11.9 Å². The Morgan fingerprint density at radius 3 is 2.11 bits per heavy atom. The largest absolute Gasteiger partial charge is 0.493 e. The van der Waals surface area contributed by atoms with Crippen molar-refractivity contribution < 1.29 is 28.5 Å². The molecule has 0 amide bonds. The third-order valence-corrected chi connectivity index (χ3v) is 5.94. The summed E-state index contributed by atoms with van der Waals surface area (Å²) in [5.41, 5.74) is 2.60. The Labute approximate surface area is 219 Å². The lowest BCUT2D eigenvalue weighted by atomic mass is 10.1. The number of allylic oxidation sites excluding steroid dienone is 1. The minimum atomic E-state index is -0.362. The lowest BCUT2D eigenvalue weighted by Gasteiger charge is -2.13. The minimum absolute atomic E-state index is 0.213. The van der Waals surface area contributed by atoms with E-state index in [4.69, 9.17) is 23.7 Å². The third-order valence-electron chi connectivity index (χ3n) is 5.94. The van der Waals surface area contributed by atoms with Crippen molar-refractivity contribution in [2.24, 2.45) is 0 Å². The van der Waals surface area contributed by atoms with Crippen LogP contribution in [0.1, 0.15) is 15.9 Å². The molecule has 0 radical (unpaired) electrons. The fourth-order valence-corrected chi connectivity index (χ4v) is 4.00. The van der Waals surface area contributed by atoms with Crippen molar-refractivity contribution in [1.29, 1.82) is 0 Å². The second-order valence-electron chi connectivity index (χ2n) is 8.12. The van der Waals surface area contributed by atoms with Crippen molar-refractivity contribution in [1.82, 2.24) is 9.55 Å². The molecule has 0 saturated heterocycles. The Hall–Kier alpha value is -4.92. The molecule has 0 aliphatic heterocycles. The zero-order valence-electron chi connectivity index (χ0n) is 21.7. The van der Waals surface area contributed by atoms with Crippen LogP contribution in [0.15, 0.2) is 71.7 Å². The zero-order chi connectivity index (χ0) is 27.2. The fourth-order valence-electron chi connectivity index (χ4n) is 4.00. The van der Waals surface area contributed by atoms with E-state index in [9.17, 15) is 9.59 Å². The number of carbonyl (C=O) groups is 1. The molecule has 3 aromatic carbocycles. The second-order valence-corrected chi connectivity index (χ2v) is 8.12. The zero-order valence-corrected chi connectivity index (χ0v) is 21.7. The number of aromatic nitrogens is 2. The molecule has 38 heavy (non-hydrogen) atoms. The number of benzene rings is 3. The van der Waals surface area contributed by atoms with E-state index in [-0.39, 0.29) is 11.5 Å². The molecule has 0 unspecified atom stereocenters. The van der Waals surface area contributed by atoms with Crippen LogP contribution in [0, 0.1) is 0 Å². The van der Waals surface area contributed by atoms with Gasteiger partial charge >= 0.3 is 5.69 Å². The molecular formula is C29H28N2O7. The molecule has 0 saturated carbocycles. The molecule has 4 rings (SSSR count). The number of methoxy groups -OCH3 is 5. The molecule has 0 aliphatic carbocycles. The summed E-state index contributed by atoms with van der Waals surface area (Å²) in [5, 5.41) is 0. The summed E-state index contributed by atoms with van der Waals surface area (Å²) in [6.45, 7) is 0. The van der Waals surface area contributed by atoms with Crippen molar-refractivity contribution in [2.75, 3.05) is 35.5 Å². The molecule has 4 aromatic rings. The molecule has 0 bridgehead atoms. The molecule has 0 aliphatic rings. The maximum Gasteiger partial charge on any atom is 0.330 e. The van der Waals surface area contributed by atoms with Gasteiger partial charge < -0.3 is 28.7 Å². The van der Waals surface area contributed by atoms with Crippen LogP contribution in [0.2, 0.25) is 0 Å². The van der Waals surface area contributed by atoms with Crippen LogP contribution in [0.25, 0.3) is 23.0 Å². The fraction of sp³-hybridized carbons (Fsp3) is 0.172. The van der Waals surface area contributed by atoms with Gasteiger partial charge in [-0.1, -0.05) is 24.3 Å². The number of hydrogen-bond donors (Lipinski definition) is 1. The van der Waals surface area contributed by atoms with Gasteiger partial charge in [0.15, 0.2) is 28.8 Å². The lowest BCUT2D eigenvalue weighted by Crippen LogP contribution is -2.14. The van der Waals surface area contributed by atoms with Gasteiger partial charge in [-0.15, -0.1) is 0 Å². The van der Waals surface area contributed by atoms with Gasteiger partial charge in [-0.3, -0.25) is 9.36 Å². The van der Waals surface area contributed by atoms with Gasteiger partial charge in [0.2, 0.25) is 5.75 Å². The van der Waals surface area contributed by atoms with Crippen LogP contribution in [0.3, 0.4) is 0 Å². The number of hydrogen-bond acceptors (Lipinski definition) is 7. The lowest BCUT2D eigenvalue weighted by molar-refractivity contribution is 0.104. The average Bonchev–Trinajstić information content (AvgIpc) is 3.36. The normalized spacial score (nSPS) is 10.9. The number of ketones is 1. The number of rotatable bonds is 10. The molecule has 1 aromatic heterocycles. The Morgan fingerprint density at radius 1 is 0.789 bits per heavy atom. The van der Waals surface area contributed by atoms with Crippen molar-refractivity contribution in [3.8, 4) is 45.7 Å². The van der Waals surface area contributed by atoms with Crippen LogP contribution in [-0.2, 0) is 0 Å². The molecule has 1 heterocycles. The topological polar surface area (TPSA) is 101 Å². The number of H-pyrrole nitrogens is 1. The van der Waals surface area contributed by atoms with Gasteiger partial charge in [-0.25, -0.2) is 4.79 Å². The predicted molar refractivity (Wildman–Crippen MR) is 144 cm³/mol. The van der Waals surface area contributed by atoms with Gasteiger partial charge in [0.05, 0.1) is 46.9 Å². The molecule has 1 N–H and O–H groups in total. The molecule has 0 atom stereocenters. The monoisotopic (exact) mass is 516 g/mol. The molecule has 196 valence electrons. The summed E-state index contributed by atoms with van der Waals surface area (Å²) in [6.07, 6.45) is 4.83. The summed E-state index contributed by atoms with van der Waals surface area (Å²) >= 11 is 0. The summed E-state index contributed by atoms with van der Waals surface area (Å²) in [4.78, 5) is 28.6. The Balaban J connectivity index is 1.63. The predicted octanol–water partition coefficient (Wildman–Crippen LogP) is 4.77. The minimum Gasteiger partial charge on any atom is -0.493 e. The van der Waals surface area contributed by atoms with E-state index in [1.165, 1.54) is 32.0 Å². The molecule has 9 heteroatoms. The van der Waals surface area contributed by atoms with E-state index < -0.39 is 0 Å². The van der Waals surface area contributed by atoms with Crippen LogP contribution >= 0.6 is 0 Å². The first-order valence-corrected chi connectivity index (χ1v) is 11.6. The SMILES string of the molecule is COc1ccc(C=CC(=O)c2cccc(-n3cc(-c4cc(OC)c(OC)c(OC)c4)[nH]c3=O)c2)cc1OC. The number of ether oxygens (including phenoxy) is 5. The highest BCUT2D eigenvalue weighted by Gasteiger charge is 2.16. The first-order valence-electron chi connectivity index (χ1n) is 11.6. The van der Waals surface area contributed by atoms with E-state index in [0.717, 1.165) is 5.56 Å². The van der Waals surface area contributed by atoms with E-state index in [1.54, 1.807) is 75.0 Å². The van der Waals surface area contributed by atoms with Gasteiger partial charge in [0.25, 0.3) is 0 Å². The number of nitrogens with zero attached hydrogens (tertiary/aromatic N) is 1. The van der Waals surface area contributed by atoms with Gasteiger partial charge in [0.1, 0.15) is 0 Å². The Morgan fingerprint density at radius 2 is 1.47 bits per heavy atom. The molecule has 0 spiro atoms.